The van der Waals surface area contributed by atoms with Crippen molar-refractivity contribution in [3.05, 3.63) is 95.1 Å². The highest BCUT2D eigenvalue weighted by atomic mass is 16.5. The third-order valence-corrected chi connectivity index (χ3v) is 6.82. The number of aliphatic hydroxyl groups excluding tert-OH is 1. The highest BCUT2D eigenvalue weighted by Gasteiger charge is 2.46. The van der Waals surface area contributed by atoms with Crippen molar-refractivity contribution in [2.24, 2.45) is 0 Å². The summed E-state index contributed by atoms with van der Waals surface area (Å²) in [6, 6.07) is 21.0. The van der Waals surface area contributed by atoms with Crippen LogP contribution in [0.15, 0.2) is 78.4 Å². The van der Waals surface area contributed by atoms with Crippen molar-refractivity contribution >= 4 is 17.4 Å². The van der Waals surface area contributed by atoms with Crippen molar-refractivity contribution in [1.82, 2.24) is 4.90 Å². The average Bonchev–Trinajstić information content (AvgIpc) is 3.23. The molecule has 1 fully saturated rings. The number of ether oxygens (including phenoxy) is 3. The fourth-order valence-electron chi connectivity index (χ4n) is 4.79. The Morgan fingerprint density at radius 2 is 1.65 bits per heavy atom. The van der Waals surface area contributed by atoms with Gasteiger partial charge in [0.25, 0.3) is 11.7 Å². The second-order valence-corrected chi connectivity index (χ2v) is 9.75. The predicted molar refractivity (Wildman–Crippen MR) is 155 cm³/mol. The second-order valence-electron chi connectivity index (χ2n) is 9.75. The molecule has 40 heavy (non-hydrogen) atoms. The maximum Gasteiger partial charge on any atom is 0.295 e. The molecule has 1 atom stereocenters. The summed E-state index contributed by atoms with van der Waals surface area (Å²) in [6.45, 7) is 5.43. The number of unbranched alkanes of at least 4 members (excludes halogenated alkanes) is 2. The molecular weight excluding hydrogens is 506 g/mol. The second kappa shape index (κ2) is 13.7. The van der Waals surface area contributed by atoms with Gasteiger partial charge < -0.3 is 24.2 Å². The van der Waals surface area contributed by atoms with Gasteiger partial charge in [0, 0.05) is 12.1 Å². The Kier molecular flexibility index (Phi) is 9.84. The molecule has 0 bridgehead atoms. The average molecular weight is 544 g/mol. The van der Waals surface area contributed by atoms with E-state index in [9.17, 15) is 14.7 Å². The first-order valence-electron chi connectivity index (χ1n) is 13.8. The maximum absolute atomic E-state index is 13.5. The van der Waals surface area contributed by atoms with E-state index in [0.29, 0.717) is 41.6 Å². The van der Waals surface area contributed by atoms with Crippen LogP contribution in [0.2, 0.25) is 0 Å². The van der Waals surface area contributed by atoms with Crippen LogP contribution in [0.3, 0.4) is 0 Å². The molecule has 3 aromatic rings. The van der Waals surface area contributed by atoms with Crippen molar-refractivity contribution < 1.29 is 28.9 Å². The maximum atomic E-state index is 13.5. The summed E-state index contributed by atoms with van der Waals surface area (Å²) >= 11 is 0. The summed E-state index contributed by atoms with van der Waals surface area (Å²) in [7, 11) is 1.56. The number of rotatable bonds is 13. The van der Waals surface area contributed by atoms with Crippen molar-refractivity contribution in [3.63, 3.8) is 0 Å². The van der Waals surface area contributed by atoms with Crippen LogP contribution in [0.1, 0.15) is 62.3 Å². The highest BCUT2D eigenvalue weighted by molar-refractivity contribution is 6.46. The van der Waals surface area contributed by atoms with E-state index in [-0.39, 0.29) is 17.9 Å². The van der Waals surface area contributed by atoms with Crippen LogP contribution in [0.4, 0.5) is 0 Å². The number of methoxy groups -OCH3 is 1. The Morgan fingerprint density at radius 3 is 2.38 bits per heavy atom. The minimum absolute atomic E-state index is 0.0206. The molecule has 4 rings (SSSR count). The van der Waals surface area contributed by atoms with E-state index < -0.39 is 17.7 Å². The first-order chi connectivity index (χ1) is 19.5. The molecule has 1 heterocycles. The lowest BCUT2D eigenvalue weighted by molar-refractivity contribution is -0.140. The smallest absolute Gasteiger partial charge is 0.295 e. The van der Waals surface area contributed by atoms with Crippen LogP contribution < -0.4 is 14.2 Å². The molecule has 1 unspecified atom stereocenters. The molecule has 1 saturated heterocycles. The van der Waals surface area contributed by atoms with Gasteiger partial charge in [0.15, 0.2) is 11.5 Å². The molecule has 0 aromatic heterocycles. The number of amides is 1. The molecule has 0 radical (unpaired) electrons. The van der Waals surface area contributed by atoms with Crippen LogP contribution >= 0.6 is 0 Å². The summed E-state index contributed by atoms with van der Waals surface area (Å²) in [5.74, 6) is -0.00542. The van der Waals surface area contributed by atoms with Gasteiger partial charge in [0.05, 0.1) is 31.9 Å². The van der Waals surface area contributed by atoms with E-state index >= 15 is 0 Å². The number of ketones is 1. The Hall–Kier alpha value is -4.26. The van der Waals surface area contributed by atoms with Crippen LogP contribution in [0.5, 0.6) is 17.2 Å². The molecule has 1 aliphatic rings. The van der Waals surface area contributed by atoms with E-state index in [0.717, 1.165) is 31.2 Å². The number of hydrogen-bond donors (Lipinski definition) is 1. The van der Waals surface area contributed by atoms with Gasteiger partial charge in [-0.2, -0.15) is 0 Å². The number of Topliss-reactive ketones (excluding diaryl/α,β-unsaturated/α-hetero) is 1. The largest absolute Gasteiger partial charge is 0.507 e. The number of carbonyl (C=O) groups is 2. The van der Waals surface area contributed by atoms with Gasteiger partial charge in [-0.25, -0.2) is 0 Å². The van der Waals surface area contributed by atoms with Crippen molar-refractivity contribution in [3.8, 4) is 17.2 Å². The van der Waals surface area contributed by atoms with Gasteiger partial charge in [-0.1, -0.05) is 75.2 Å². The zero-order valence-electron chi connectivity index (χ0n) is 23.4. The minimum atomic E-state index is -0.830. The molecule has 3 aromatic carbocycles. The minimum Gasteiger partial charge on any atom is -0.507 e. The predicted octanol–water partition coefficient (Wildman–Crippen LogP) is 6.67. The Bertz CT molecular complexity index is 1350. The van der Waals surface area contributed by atoms with E-state index in [2.05, 4.69) is 6.92 Å². The third-order valence-electron chi connectivity index (χ3n) is 6.82. The van der Waals surface area contributed by atoms with E-state index in [1.165, 1.54) is 4.90 Å². The van der Waals surface area contributed by atoms with Crippen molar-refractivity contribution in [2.45, 2.75) is 52.1 Å². The van der Waals surface area contributed by atoms with Crippen molar-refractivity contribution in [2.75, 3.05) is 20.3 Å². The summed E-state index contributed by atoms with van der Waals surface area (Å²) < 4.78 is 17.3. The van der Waals surface area contributed by atoms with E-state index in [1.807, 2.05) is 43.3 Å². The lowest BCUT2D eigenvalue weighted by atomic mass is 9.94. The Labute approximate surface area is 236 Å². The summed E-state index contributed by atoms with van der Waals surface area (Å²) in [4.78, 5) is 28.4. The number of hydrogen-bond acceptors (Lipinski definition) is 6. The topological polar surface area (TPSA) is 85.3 Å². The summed E-state index contributed by atoms with van der Waals surface area (Å²) in [5.41, 5.74) is 1.92. The van der Waals surface area contributed by atoms with Gasteiger partial charge in [0.1, 0.15) is 11.5 Å². The van der Waals surface area contributed by atoms with Gasteiger partial charge in [-0.3, -0.25) is 9.59 Å². The molecule has 1 amide bonds. The van der Waals surface area contributed by atoms with Crippen LogP contribution in [0, 0.1) is 0 Å². The van der Waals surface area contributed by atoms with E-state index in [4.69, 9.17) is 14.2 Å². The quantitative estimate of drug-likeness (QED) is 0.112. The molecule has 1 aliphatic heterocycles. The summed E-state index contributed by atoms with van der Waals surface area (Å²) in [5, 5.41) is 11.5. The number of carbonyl (C=O) groups excluding carboxylic acids is 2. The molecule has 0 aliphatic carbocycles. The molecule has 7 nitrogen and oxygen atoms in total. The number of nitrogens with zero attached hydrogens (tertiary/aromatic N) is 1. The standard InChI is InChI=1S/C33H37NO6/c1-4-6-10-19-40-27-17-16-24(21-28(27)38-3)30-29(31(35)25-14-11-15-26(20-25)39-18-5-2)32(36)33(37)34(30)22-23-12-8-7-9-13-23/h7-9,11-17,20-21,30,35H,4-6,10,18-19,22H2,1-3H3. The molecule has 1 N–H and O–H groups in total. The van der Waals surface area contributed by atoms with Crippen LogP contribution in [0.25, 0.3) is 5.76 Å². The van der Waals surface area contributed by atoms with E-state index in [1.54, 1.807) is 43.5 Å². The zero-order chi connectivity index (χ0) is 28.5. The van der Waals surface area contributed by atoms with Gasteiger partial charge in [-0.05, 0) is 48.2 Å². The zero-order valence-corrected chi connectivity index (χ0v) is 23.4. The third kappa shape index (κ3) is 6.47. The molecule has 0 saturated carbocycles. The Morgan fingerprint density at radius 1 is 0.850 bits per heavy atom. The summed E-state index contributed by atoms with van der Waals surface area (Å²) in [6.07, 6.45) is 3.92. The van der Waals surface area contributed by atoms with Crippen LogP contribution in [-0.4, -0.2) is 42.0 Å². The molecule has 7 heteroatoms. The Balaban J connectivity index is 1.79. The SMILES string of the molecule is CCCCCOc1ccc(C2C(=C(O)c3cccc(OCCC)c3)C(=O)C(=O)N2Cc2ccccc2)cc1OC. The monoisotopic (exact) mass is 543 g/mol. The van der Waals surface area contributed by atoms with Gasteiger partial charge >= 0.3 is 0 Å². The lowest BCUT2D eigenvalue weighted by Crippen LogP contribution is -2.29. The fourth-order valence-corrected chi connectivity index (χ4v) is 4.79. The van der Waals surface area contributed by atoms with Crippen LogP contribution in [-0.2, 0) is 16.1 Å². The number of aliphatic hydroxyl groups is 1. The van der Waals surface area contributed by atoms with Gasteiger partial charge in [-0.15, -0.1) is 0 Å². The first-order valence-corrected chi connectivity index (χ1v) is 13.8. The molecule has 0 spiro atoms. The number of likely N-dealkylation sites (tertiary alicyclic amines) is 1. The fraction of sp³-hybridized carbons (Fsp3) is 0.333. The highest BCUT2D eigenvalue weighted by Crippen LogP contribution is 2.43. The molecule has 210 valence electrons. The first kappa shape index (κ1) is 28.7. The number of benzene rings is 3. The molecular formula is C33H37NO6. The van der Waals surface area contributed by atoms with Gasteiger partial charge in [0.2, 0.25) is 0 Å². The normalized spacial score (nSPS) is 16.3. The van der Waals surface area contributed by atoms with Crippen molar-refractivity contribution in [1.29, 1.82) is 0 Å². The lowest BCUT2D eigenvalue weighted by Gasteiger charge is -2.26.